The summed E-state index contributed by atoms with van der Waals surface area (Å²) in [5.74, 6) is -1.41. The Morgan fingerprint density at radius 1 is 1.54 bits per heavy atom. The molecule has 4 nitrogen and oxygen atoms in total. The zero-order valence-electron chi connectivity index (χ0n) is 7.87. The van der Waals surface area contributed by atoms with Crippen molar-refractivity contribution in [2.75, 3.05) is 6.61 Å². The Labute approximate surface area is 77.2 Å². The molecule has 0 rings (SSSR count). The fraction of sp³-hybridized carbons (Fsp3) is 0.556. The van der Waals surface area contributed by atoms with Crippen molar-refractivity contribution in [2.24, 2.45) is 5.92 Å². The molecule has 1 unspecified atom stereocenters. The van der Waals surface area contributed by atoms with Crippen molar-refractivity contribution in [2.45, 2.75) is 20.3 Å². The molecule has 0 fully saturated rings. The normalized spacial score (nSPS) is 11.9. The smallest absolute Gasteiger partial charge is 0.341 e. The first-order valence-electron chi connectivity index (χ1n) is 3.98. The van der Waals surface area contributed by atoms with Crippen LogP contribution in [0.4, 0.5) is 0 Å². The van der Waals surface area contributed by atoms with Crippen LogP contribution in [0.2, 0.25) is 0 Å². The second-order valence-corrected chi connectivity index (χ2v) is 2.98. The molecule has 0 spiro atoms. The molecule has 0 saturated carbocycles. The number of rotatable bonds is 4. The summed E-state index contributed by atoms with van der Waals surface area (Å²) in [7, 11) is 0. The van der Waals surface area contributed by atoms with Gasteiger partial charge >= 0.3 is 11.9 Å². The maximum atomic E-state index is 11.0. The molecule has 13 heavy (non-hydrogen) atoms. The minimum Gasteiger partial charge on any atom is -0.396 e. The molecule has 0 aliphatic heterocycles. The summed E-state index contributed by atoms with van der Waals surface area (Å²) < 4.78 is 4.30. The van der Waals surface area contributed by atoms with Crippen LogP contribution < -0.4 is 0 Å². The third-order valence-corrected chi connectivity index (χ3v) is 1.43. The van der Waals surface area contributed by atoms with Crippen LogP contribution in [0.5, 0.6) is 0 Å². The van der Waals surface area contributed by atoms with E-state index in [9.17, 15) is 9.59 Å². The first-order valence-corrected chi connectivity index (χ1v) is 3.98. The average Bonchev–Trinajstić information content (AvgIpc) is 2.02. The van der Waals surface area contributed by atoms with Gasteiger partial charge in [0.25, 0.3) is 0 Å². The quantitative estimate of drug-likeness (QED) is 0.398. The van der Waals surface area contributed by atoms with E-state index in [1.165, 1.54) is 0 Å². The van der Waals surface area contributed by atoms with Gasteiger partial charge in [-0.3, -0.25) is 4.79 Å². The lowest BCUT2D eigenvalue weighted by Crippen LogP contribution is -2.14. The highest BCUT2D eigenvalue weighted by Crippen LogP contribution is 2.10. The van der Waals surface area contributed by atoms with E-state index in [4.69, 9.17) is 5.11 Å². The van der Waals surface area contributed by atoms with Gasteiger partial charge in [-0.1, -0.05) is 13.5 Å². The van der Waals surface area contributed by atoms with Crippen molar-refractivity contribution in [3.63, 3.8) is 0 Å². The monoisotopic (exact) mass is 186 g/mol. The summed E-state index contributed by atoms with van der Waals surface area (Å²) in [5, 5.41) is 8.69. The van der Waals surface area contributed by atoms with Crippen LogP contribution in [0.25, 0.3) is 0 Å². The van der Waals surface area contributed by atoms with E-state index in [-0.39, 0.29) is 18.1 Å². The summed E-state index contributed by atoms with van der Waals surface area (Å²) in [4.78, 5) is 21.4. The Morgan fingerprint density at radius 3 is 2.46 bits per heavy atom. The van der Waals surface area contributed by atoms with Crippen molar-refractivity contribution >= 4 is 11.9 Å². The minimum absolute atomic E-state index is 0.0215. The molecule has 0 amide bonds. The predicted octanol–water partition coefficient (Wildman–Crippen LogP) is 0.651. The van der Waals surface area contributed by atoms with Crippen LogP contribution in [0.15, 0.2) is 12.2 Å². The van der Waals surface area contributed by atoms with Gasteiger partial charge in [0.2, 0.25) is 0 Å². The Balaban J connectivity index is 3.97. The predicted molar refractivity (Wildman–Crippen MR) is 46.8 cm³/mol. The molecule has 74 valence electrons. The average molecular weight is 186 g/mol. The molecular formula is C9H14O4. The highest BCUT2D eigenvalue weighted by Gasteiger charge is 2.13. The second kappa shape index (κ2) is 5.48. The summed E-state index contributed by atoms with van der Waals surface area (Å²) in [6.45, 7) is 6.36. The maximum Gasteiger partial charge on any atom is 0.341 e. The van der Waals surface area contributed by atoms with Crippen LogP contribution >= 0.6 is 0 Å². The first-order chi connectivity index (χ1) is 5.97. The maximum absolute atomic E-state index is 11.0. The van der Waals surface area contributed by atoms with E-state index in [1.54, 1.807) is 6.92 Å². The summed E-state index contributed by atoms with van der Waals surface area (Å²) in [6, 6.07) is 0. The van der Waals surface area contributed by atoms with E-state index in [2.05, 4.69) is 11.3 Å². The molecule has 1 atom stereocenters. The standard InChI is InChI=1S/C9H14O4/c1-6(5-10)4-7(2)9(12)13-8(3)11/h6,10H,2,4-5H2,1,3H3. The van der Waals surface area contributed by atoms with Gasteiger partial charge in [-0.05, 0) is 12.3 Å². The Morgan fingerprint density at radius 2 is 2.08 bits per heavy atom. The van der Waals surface area contributed by atoms with E-state index < -0.39 is 11.9 Å². The molecule has 0 aliphatic carbocycles. The largest absolute Gasteiger partial charge is 0.396 e. The molecule has 0 aromatic rings. The van der Waals surface area contributed by atoms with E-state index >= 15 is 0 Å². The van der Waals surface area contributed by atoms with Crippen LogP contribution in [0, 0.1) is 5.92 Å². The topological polar surface area (TPSA) is 63.6 Å². The fourth-order valence-corrected chi connectivity index (χ4v) is 0.771. The molecule has 0 aromatic carbocycles. The molecule has 0 aliphatic rings. The van der Waals surface area contributed by atoms with Gasteiger partial charge in [-0.25, -0.2) is 4.79 Å². The molecule has 0 bridgehead atoms. The van der Waals surface area contributed by atoms with E-state index in [0.29, 0.717) is 6.42 Å². The zero-order valence-corrected chi connectivity index (χ0v) is 7.87. The number of carbonyl (C=O) groups is 2. The number of hydrogen-bond donors (Lipinski definition) is 1. The number of aliphatic hydroxyl groups excluding tert-OH is 1. The molecule has 4 heteroatoms. The Kier molecular flexibility index (Phi) is 4.99. The first kappa shape index (κ1) is 11.8. The van der Waals surface area contributed by atoms with Crippen molar-refractivity contribution in [1.82, 2.24) is 0 Å². The highest BCUT2D eigenvalue weighted by atomic mass is 16.6. The lowest BCUT2D eigenvalue weighted by Gasteiger charge is -2.08. The summed E-state index contributed by atoms with van der Waals surface area (Å²) >= 11 is 0. The van der Waals surface area contributed by atoms with Gasteiger partial charge in [-0.15, -0.1) is 0 Å². The van der Waals surface area contributed by atoms with Crippen LogP contribution in [0.1, 0.15) is 20.3 Å². The van der Waals surface area contributed by atoms with Crippen LogP contribution in [-0.2, 0) is 14.3 Å². The van der Waals surface area contributed by atoms with Gasteiger partial charge in [0.05, 0.1) is 0 Å². The number of esters is 2. The van der Waals surface area contributed by atoms with Crippen LogP contribution in [-0.4, -0.2) is 23.7 Å². The molecule has 1 N–H and O–H groups in total. The van der Waals surface area contributed by atoms with E-state index in [1.807, 2.05) is 0 Å². The molecule has 0 radical (unpaired) electrons. The summed E-state index contributed by atoms with van der Waals surface area (Å²) in [6.07, 6.45) is 0.336. The number of carbonyl (C=O) groups excluding carboxylic acids is 2. The number of hydrogen-bond acceptors (Lipinski definition) is 4. The highest BCUT2D eigenvalue weighted by molar-refractivity contribution is 5.95. The third-order valence-electron chi connectivity index (χ3n) is 1.43. The zero-order chi connectivity index (χ0) is 10.4. The lowest BCUT2D eigenvalue weighted by molar-refractivity contribution is -0.155. The van der Waals surface area contributed by atoms with Gasteiger partial charge in [0.15, 0.2) is 0 Å². The van der Waals surface area contributed by atoms with Crippen molar-refractivity contribution in [1.29, 1.82) is 0 Å². The second-order valence-electron chi connectivity index (χ2n) is 2.98. The third kappa shape index (κ3) is 5.14. The number of aliphatic hydroxyl groups is 1. The van der Waals surface area contributed by atoms with Crippen molar-refractivity contribution in [3.05, 3.63) is 12.2 Å². The molecular weight excluding hydrogens is 172 g/mol. The van der Waals surface area contributed by atoms with Crippen molar-refractivity contribution < 1.29 is 19.4 Å². The SMILES string of the molecule is C=C(CC(C)CO)C(=O)OC(C)=O. The van der Waals surface area contributed by atoms with Crippen LogP contribution in [0.3, 0.4) is 0 Å². The fourth-order valence-electron chi connectivity index (χ4n) is 0.771. The molecule has 0 heterocycles. The number of ether oxygens (including phenoxy) is 1. The van der Waals surface area contributed by atoms with Crippen molar-refractivity contribution in [3.8, 4) is 0 Å². The minimum atomic E-state index is -0.715. The lowest BCUT2D eigenvalue weighted by atomic mass is 10.0. The van der Waals surface area contributed by atoms with Gasteiger partial charge in [0.1, 0.15) is 0 Å². The molecule has 0 saturated heterocycles. The van der Waals surface area contributed by atoms with Gasteiger partial charge < -0.3 is 9.84 Å². The van der Waals surface area contributed by atoms with Gasteiger partial charge in [-0.2, -0.15) is 0 Å². The van der Waals surface area contributed by atoms with Gasteiger partial charge in [0, 0.05) is 19.1 Å². The summed E-state index contributed by atoms with van der Waals surface area (Å²) in [5.41, 5.74) is 0.205. The molecule has 0 aromatic heterocycles. The Hall–Kier alpha value is -1.16. The Bertz CT molecular complexity index is 220. The van der Waals surface area contributed by atoms with E-state index in [0.717, 1.165) is 6.92 Å².